The van der Waals surface area contributed by atoms with Gasteiger partial charge in [-0.05, 0) is 52.1 Å². The first-order chi connectivity index (χ1) is 10.2. The molecule has 4 heteroatoms. The molecule has 1 heterocycles. The number of hydrogen-bond donors (Lipinski definition) is 1. The zero-order chi connectivity index (χ0) is 16.8. The van der Waals surface area contributed by atoms with Crippen molar-refractivity contribution in [2.75, 3.05) is 19.6 Å². The minimum Gasteiger partial charge on any atom is -0.386 e. The Labute approximate surface area is 135 Å². The van der Waals surface area contributed by atoms with E-state index in [4.69, 9.17) is 0 Å². The third kappa shape index (κ3) is 7.08. The predicted molar refractivity (Wildman–Crippen MR) is 90.2 cm³/mol. The first kappa shape index (κ1) is 19.4. The molecule has 0 radical (unpaired) electrons. The Bertz CT molecular complexity index is 332. The van der Waals surface area contributed by atoms with E-state index in [1.807, 2.05) is 0 Å². The Balaban J connectivity index is 2.32. The molecule has 0 bridgehead atoms. The summed E-state index contributed by atoms with van der Waals surface area (Å²) in [6, 6.07) is 0.371. The third-order valence-corrected chi connectivity index (χ3v) is 4.38. The quantitative estimate of drug-likeness (QED) is 0.665. The smallest absolute Gasteiger partial charge is 0.251 e. The van der Waals surface area contributed by atoms with E-state index < -0.39 is 11.8 Å². The fraction of sp³-hybridized carbons (Fsp3) is 0.889. The number of rotatable bonds is 9. The number of hydrogen-bond acceptors (Lipinski definition) is 2. The van der Waals surface area contributed by atoms with E-state index >= 15 is 0 Å². The van der Waals surface area contributed by atoms with Gasteiger partial charge in [0.2, 0.25) is 0 Å². The molecule has 1 aliphatic rings. The van der Waals surface area contributed by atoms with Crippen LogP contribution >= 0.6 is 0 Å². The average molecular weight is 316 g/mol. The summed E-state index contributed by atoms with van der Waals surface area (Å²) in [6.07, 6.45) is 2.79. The molecular weight excluding hydrogens is 282 g/mol. The highest BCUT2D eigenvalue weighted by Gasteiger charge is 2.40. The molecule has 1 N–H and O–H groups in total. The number of nitrogens with one attached hydrogen (secondary N) is 1. The molecular formula is C18H34F2N2. The van der Waals surface area contributed by atoms with Crippen molar-refractivity contribution in [3.63, 3.8) is 0 Å². The molecule has 0 aliphatic carbocycles. The van der Waals surface area contributed by atoms with Crippen LogP contribution in [0.5, 0.6) is 0 Å². The van der Waals surface area contributed by atoms with Crippen molar-refractivity contribution < 1.29 is 8.78 Å². The lowest BCUT2D eigenvalue weighted by atomic mass is 9.87. The SMILES string of the molecule is C=C(CN1CCC(C(F)(F)CCCC(C)C)CC1)NC(C)C. The van der Waals surface area contributed by atoms with Crippen LogP contribution in [0.2, 0.25) is 0 Å². The average Bonchev–Trinajstić information content (AvgIpc) is 2.37. The summed E-state index contributed by atoms with van der Waals surface area (Å²) in [5.74, 6) is -2.42. The van der Waals surface area contributed by atoms with Crippen LogP contribution in [-0.2, 0) is 0 Å². The van der Waals surface area contributed by atoms with Crippen LogP contribution in [0.3, 0.4) is 0 Å². The molecule has 0 spiro atoms. The maximum atomic E-state index is 14.3. The second kappa shape index (κ2) is 8.85. The van der Waals surface area contributed by atoms with Gasteiger partial charge in [0, 0.05) is 30.6 Å². The largest absolute Gasteiger partial charge is 0.386 e. The molecule has 130 valence electrons. The van der Waals surface area contributed by atoms with Gasteiger partial charge in [0.25, 0.3) is 5.92 Å². The van der Waals surface area contributed by atoms with E-state index in [1.165, 1.54) is 0 Å². The third-order valence-electron chi connectivity index (χ3n) is 4.38. The fourth-order valence-corrected chi connectivity index (χ4v) is 3.19. The first-order valence-corrected chi connectivity index (χ1v) is 8.75. The van der Waals surface area contributed by atoms with E-state index in [0.29, 0.717) is 31.2 Å². The first-order valence-electron chi connectivity index (χ1n) is 8.75. The molecule has 0 atom stereocenters. The van der Waals surface area contributed by atoms with Gasteiger partial charge in [-0.1, -0.05) is 26.8 Å². The number of halogens is 2. The fourth-order valence-electron chi connectivity index (χ4n) is 3.19. The Morgan fingerprint density at radius 2 is 1.82 bits per heavy atom. The second-order valence-corrected chi connectivity index (χ2v) is 7.50. The normalized spacial score (nSPS) is 18.2. The monoisotopic (exact) mass is 316 g/mol. The molecule has 0 aromatic rings. The van der Waals surface area contributed by atoms with Gasteiger partial charge in [-0.25, -0.2) is 8.78 Å². The van der Waals surface area contributed by atoms with Crippen molar-refractivity contribution >= 4 is 0 Å². The van der Waals surface area contributed by atoms with E-state index in [0.717, 1.165) is 31.8 Å². The van der Waals surface area contributed by atoms with E-state index in [1.54, 1.807) is 0 Å². The van der Waals surface area contributed by atoms with Gasteiger partial charge in [-0.15, -0.1) is 0 Å². The Hall–Kier alpha value is -0.640. The maximum absolute atomic E-state index is 14.3. The van der Waals surface area contributed by atoms with Crippen molar-refractivity contribution in [3.05, 3.63) is 12.3 Å². The summed E-state index contributed by atoms with van der Waals surface area (Å²) in [7, 11) is 0. The molecule has 1 rings (SSSR count). The number of likely N-dealkylation sites (tertiary alicyclic amines) is 1. The van der Waals surface area contributed by atoms with E-state index in [2.05, 4.69) is 44.5 Å². The van der Waals surface area contributed by atoms with Gasteiger partial charge in [0.05, 0.1) is 0 Å². The van der Waals surface area contributed by atoms with Crippen LogP contribution in [0.1, 0.15) is 59.8 Å². The lowest BCUT2D eigenvalue weighted by Gasteiger charge is -2.36. The molecule has 0 saturated carbocycles. The van der Waals surface area contributed by atoms with Crippen LogP contribution in [0, 0.1) is 11.8 Å². The van der Waals surface area contributed by atoms with Gasteiger partial charge < -0.3 is 5.32 Å². The lowest BCUT2D eigenvalue weighted by Crippen LogP contribution is -2.42. The van der Waals surface area contributed by atoms with Crippen LogP contribution < -0.4 is 5.32 Å². The van der Waals surface area contributed by atoms with Gasteiger partial charge >= 0.3 is 0 Å². The standard InChI is InChI=1S/C18H34F2N2/c1-14(2)7-6-10-18(19,20)17-8-11-22(12-9-17)13-16(5)21-15(3)4/h14-15,17,21H,5-13H2,1-4H3. The molecule has 1 fully saturated rings. The summed E-state index contributed by atoms with van der Waals surface area (Å²) >= 11 is 0. The van der Waals surface area contributed by atoms with Gasteiger partial charge in [0.15, 0.2) is 0 Å². The highest BCUT2D eigenvalue weighted by molar-refractivity contribution is 4.97. The van der Waals surface area contributed by atoms with Gasteiger partial charge in [0.1, 0.15) is 0 Å². The molecule has 2 nitrogen and oxygen atoms in total. The Morgan fingerprint density at radius 3 is 2.32 bits per heavy atom. The van der Waals surface area contributed by atoms with Gasteiger partial charge in [-0.3, -0.25) is 4.90 Å². The molecule has 0 aromatic carbocycles. The number of alkyl halides is 2. The van der Waals surface area contributed by atoms with Crippen LogP contribution in [-0.4, -0.2) is 36.5 Å². The Morgan fingerprint density at radius 1 is 1.23 bits per heavy atom. The van der Waals surface area contributed by atoms with E-state index in [-0.39, 0.29) is 6.42 Å². The topological polar surface area (TPSA) is 15.3 Å². The molecule has 0 unspecified atom stereocenters. The lowest BCUT2D eigenvalue weighted by molar-refractivity contribution is -0.0859. The number of piperidine rings is 1. The van der Waals surface area contributed by atoms with Crippen molar-refractivity contribution in [1.82, 2.24) is 10.2 Å². The highest BCUT2D eigenvalue weighted by atomic mass is 19.3. The van der Waals surface area contributed by atoms with Crippen molar-refractivity contribution in [3.8, 4) is 0 Å². The summed E-state index contributed by atoms with van der Waals surface area (Å²) in [5.41, 5.74) is 0.983. The molecule has 1 aliphatic heterocycles. The van der Waals surface area contributed by atoms with Crippen LogP contribution in [0.25, 0.3) is 0 Å². The zero-order valence-corrected chi connectivity index (χ0v) is 14.8. The molecule has 22 heavy (non-hydrogen) atoms. The van der Waals surface area contributed by atoms with E-state index in [9.17, 15) is 8.78 Å². The predicted octanol–water partition coefficient (Wildman–Crippen LogP) is 4.67. The maximum Gasteiger partial charge on any atom is 0.251 e. The molecule has 1 saturated heterocycles. The van der Waals surface area contributed by atoms with Crippen molar-refractivity contribution in [2.45, 2.75) is 71.8 Å². The summed E-state index contributed by atoms with van der Waals surface area (Å²) in [5, 5.41) is 3.29. The highest BCUT2D eigenvalue weighted by Crippen LogP contribution is 2.37. The minimum atomic E-state index is -2.49. The van der Waals surface area contributed by atoms with Crippen molar-refractivity contribution in [1.29, 1.82) is 0 Å². The summed E-state index contributed by atoms with van der Waals surface area (Å²) in [4.78, 5) is 2.23. The van der Waals surface area contributed by atoms with Crippen LogP contribution in [0.4, 0.5) is 8.78 Å². The zero-order valence-electron chi connectivity index (χ0n) is 14.8. The second-order valence-electron chi connectivity index (χ2n) is 7.50. The summed E-state index contributed by atoms with van der Waals surface area (Å²) in [6.45, 7) is 14.6. The van der Waals surface area contributed by atoms with Crippen molar-refractivity contribution in [2.24, 2.45) is 11.8 Å². The molecule has 0 aromatic heterocycles. The van der Waals surface area contributed by atoms with Crippen LogP contribution in [0.15, 0.2) is 12.3 Å². The number of nitrogens with zero attached hydrogens (tertiary/aromatic N) is 1. The Kier molecular flexibility index (Phi) is 7.81. The minimum absolute atomic E-state index is 0.0530. The molecule has 0 amide bonds. The van der Waals surface area contributed by atoms with Gasteiger partial charge in [-0.2, -0.15) is 0 Å². The summed E-state index contributed by atoms with van der Waals surface area (Å²) < 4.78 is 28.5.